The Morgan fingerprint density at radius 3 is 2.52 bits per heavy atom. The van der Waals surface area contributed by atoms with Crippen LogP contribution in [-0.4, -0.2) is 30.6 Å². The summed E-state index contributed by atoms with van der Waals surface area (Å²) in [5, 5.41) is 3.43. The molecule has 2 rings (SSSR count). The number of unbranched alkanes of at least 4 members (excludes halogenated alkanes) is 1. The number of hydrogen-bond acceptors (Lipinski definition) is 2. The van der Waals surface area contributed by atoms with Gasteiger partial charge in [-0.15, -0.1) is 0 Å². The van der Waals surface area contributed by atoms with Crippen LogP contribution in [-0.2, 0) is 6.54 Å². The molecule has 1 N–H and O–H groups in total. The van der Waals surface area contributed by atoms with Crippen molar-refractivity contribution in [2.45, 2.75) is 45.2 Å². The molecule has 0 saturated carbocycles. The predicted molar refractivity (Wildman–Crippen MR) is 77.5 cm³/mol. The topological polar surface area (TPSA) is 15.3 Å². The lowest BCUT2D eigenvalue weighted by atomic mass is 10.1. The third-order valence-electron chi connectivity index (χ3n) is 3.92. The van der Waals surface area contributed by atoms with Crippen molar-refractivity contribution >= 4 is 0 Å². The Morgan fingerprint density at radius 1 is 1.24 bits per heavy atom. The molecule has 2 nitrogen and oxygen atoms in total. The average molecular weight is 300 g/mol. The lowest BCUT2D eigenvalue weighted by Gasteiger charge is -2.25. The van der Waals surface area contributed by atoms with E-state index in [9.17, 15) is 13.2 Å². The first-order valence-corrected chi connectivity index (χ1v) is 7.69. The highest BCUT2D eigenvalue weighted by Crippen LogP contribution is 2.16. The molecule has 118 valence electrons. The highest BCUT2D eigenvalue weighted by atomic mass is 19.2. The van der Waals surface area contributed by atoms with Gasteiger partial charge < -0.3 is 5.32 Å². The van der Waals surface area contributed by atoms with Crippen molar-refractivity contribution in [1.29, 1.82) is 0 Å². The van der Waals surface area contributed by atoms with E-state index >= 15 is 0 Å². The Labute approximate surface area is 124 Å². The zero-order chi connectivity index (χ0) is 15.2. The zero-order valence-corrected chi connectivity index (χ0v) is 12.5. The van der Waals surface area contributed by atoms with Gasteiger partial charge in [0.05, 0.1) is 0 Å². The van der Waals surface area contributed by atoms with E-state index in [1.807, 2.05) is 0 Å². The van der Waals surface area contributed by atoms with Crippen LogP contribution in [0, 0.1) is 17.5 Å². The largest absolute Gasteiger partial charge is 0.313 e. The molecule has 5 heteroatoms. The Kier molecular flexibility index (Phi) is 6.06. The minimum atomic E-state index is -1.39. The van der Waals surface area contributed by atoms with Gasteiger partial charge in [-0.1, -0.05) is 13.3 Å². The number of benzene rings is 1. The van der Waals surface area contributed by atoms with Crippen LogP contribution in [0.25, 0.3) is 0 Å². The summed E-state index contributed by atoms with van der Waals surface area (Å²) in [5.41, 5.74) is 0.487. The second-order valence-corrected chi connectivity index (χ2v) is 5.76. The molecule has 1 aliphatic rings. The molecule has 21 heavy (non-hydrogen) atoms. The first-order valence-electron chi connectivity index (χ1n) is 7.69. The molecule has 1 atom stereocenters. The highest BCUT2D eigenvalue weighted by molar-refractivity contribution is 5.19. The van der Waals surface area contributed by atoms with Crippen LogP contribution in [0.4, 0.5) is 13.2 Å². The number of nitrogens with one attached hydrogen (secondary N) is 1. The van der Waals surface area contributed by atoms with Crippen LogP contribution < -0.4 is 5.32 Å². The summed E-state index contributed by atoms with van der Waals surface area (Å²) in [5.74, 6) is -3.62. The van der Waals surface area contributed by atoms with E-state index in [2.05, 4.69) is 17.1 Å². The molecule has 1 aliphatic heterocycles. The average Bonchev–Trinajstić information content (AvgIpc) is 2.95. The standard InChI is InChI=1S/C16H23F3N2/c1-2-3-7-21(11-13-5-4-6-20-13)10-12-8-14(17)16(19)15(18)9-12/h8-9,13,20H,2-7,10-11H2,1H3. The van der Waals surface area contributed by atoms with Crippen molar-refractivity contribution in [3.05, 3.63) is 35.1 Å². The van der Waals surface area contributed by atoms with E-state index in [0.29, 0.717) is 18.2 Å². The van der Waals surface area contributed by atoms with E-state index < -0.39 is 17.5 Å². The molecule has 0 spiro atoms. The van der Waals surface area contributed by atoms with Gasteiger partial charge in [0, 0.05) is 19.1 Å². The van der Waals surface area contributed by atoms with Crippen LogP contribution >= 0.6 is 0 Å². The predicted octanol–water partition coefficient (Wildman–Crippen LogP) is 3.46. The van der Waals surface area contributed by atoms with Gasteiger partial charge in [0.2, 0.25) is 0 Å². The lowest BCUT2D eigenvalue weighted by molar-refractivity contribution is 0.236. The third kappa shape index (κ3) is 4.71. The van der Waals surface area contributed by atoms with Gasteiger partial charge in [0.1, 0.15) is 0 Å². The molecule has 1 aromatic carbocycles. The van der Waals surface area contributed by atoms with E-state index in [1.165, 1.54) is 6.42 Å². The summed E-state index contributed by atoms with van der Waals surface area (Å²) in [6.45, 7) is 5.34. The minimum absolute atomic E-state index is 0.442. The zero-order valence-electron chi connectivity index (χ0n) is 12.5. The highest BCUT2D eigenvalue weighted by Gasteiger charge is 2.19. The first-order chi connectivity index (χ1) is 10.1. The number of nitrogens with zero attached hydrogens (tertiary/aromatic N) is 1. The van der Waals surface area contributed by atoms with E-state index in [-0.39, 0.29) is 0 Å². The van der Waals surface area contributed by atoms with Gasteiger partial charge in [-0.05, 0) is 50.0 Å². The molecule has 1 fully saturated rings. The lowest BCUT2D eigenvalue weighted by Crippen LogP contribution is -2.37. The summed E-state index contributed by atoms with van der Waals surface area (Å²) in [6, 6.07) is 2.63. The van der Waals surface area contributed by atoms with Gasteiger partial charge in [-0.25, -0.2) is 13.2 Å². The Balaban J connectivity index is 2.02. The normalized spacial score (nSPS) is 18.6. The Morgan fingerprint density at radius 2 is 1.95 bits per heavy atom. The van der Waals surface area contributed by atoms with Gasteiger partial charge >= 0.3 is 0 Å². The molecule has 0 amide bonds. The van der Waals surface area contributed by atoms with Gasteiger partial charge in [-0.2, -0.15) is 0 Å². The van der Waals surface area contributed by atoms with Crippen LogP contribution in [0.1, 0.15) is 38.2 Å². The first kappa shape index (κ1) is 16.3. The van der Waals surface area contributed by atoms with E-state index in [0.717, 1.165) is 51.0 Å². The Hall–Kier alpha value is -1.07. The maximum absolute atomic E-state index is 13.3. The monoisotopic (exact) mass is 300 g/mol. The summed E-state index contributed by atoms with van der Waals surface area (Å²) < 4.78 is 39.6. The fourth-order valence-corrected chi connectivity index (χ4v) is 2.80. The Bertz CT molecular complexity index is 436. The molecule has 1 heterocycles. The van der Waals surface area contributed by atoms with Crippen molar-refractivity contribution in [1.82, 2.24) is 10.2 Å². The number of rotatable bonds is 7. The molecule has 0 bridgehead atoms. The van der Waals surface area contributed by atoms with Crippen LogP contribution in [0.3, 0.4) is 0 Å². The molecule has 0 aromatic heterocycles. The van der Waals surface area contributed by atoms with E-state index in [4.69, 9.17) is 0 Å². The fourth-order valence-electron chi connectivity index (χ4n) is 2.80. The quantitative estimate of drug-likeness (QED) is 0.776. The number of hydrogen-bond donors (Lipinski definition) is 1. The molecule has 0 radical (unpaired) electrons. The van der Waals surface area contributed by atoms with Crippen LogP contribution in [0.15, 0.2) is 12.1 Å². The fraction of sp³-hybridized carbons (Fsp3) is 0.625. The molecule has 1 aromatic rings. The summed E-state index contributed by atoms with van der Waals surface area (Å²) in [7, 11) is 0. The SMILES string of the molecule is CCCCN(Cc1cc(F)c(F)c(F)c1)CC1CCCN1. The maximum atomic E-state index is 13.3. The van der Waals surface area contributed by atoms with Crippen molar-refractivity contribution in [3.8, 4) is 0 Å². The van der Waals surface area contributed by atoms with Crippen molar-refractivity contribution < 1.29 is 13.2 Å². The van der Waals surface area contributed by atoms with Gasteiger partial charge in [0.15, 0.2) is 17.5 Å². The summed E-state index contributed by atoms with van der Waals surface area (Å²) in [4.78, 5) is 2.19. The molecule has 1 unspecified atom stereocenters. The summed E-state index contributed by atoms with van der Waals surface area (Å²) >= 11 is 0. The molecule has 0 aliphatic carbocycles. The molecular formula is C16H23F3N2. The molecule has 1 saturated heterocycles. The summed E-state index contributed by atoms with van der Waals surface area (Å²) in [6.07, 6.45) is 4.42. The van der Waals surface area contributed by atoms with Gasteiger partial charge in [0.25, 0.3) is 0 Å². The van der Waals surface area contributed by atoms with Crippen LogP contribution in [0.5, 0.6) is 0 Å². The second-order valence-electron chi connectivity index (χ2n) is 5.76. The number of halogens is 3. The smallest absolute Gasteiger partial charge is 0.194 e. The van der Waals surface area contributed by atoms with Crippen molar-refractivity contribution in [2.24, 2.45) is 0 Å². The third-order valence-corrected chi connectivity index (χ3v) is 3.92. The molecular weight excluding hydrogens is 277 g/mol. The van der Waals surface area contributed by atoms with E-state index in [1.54, 1.807) is 0 Å². The minimum Gasteiger partial charge on any atom is -0.313 e. The van der Waals surface area contributed by atoms with Crippen molar-refractivity contribution in [3.63, 3.8) is 0 Å². The van der Waals surface area contributed by atoms with Crippen LogP contribution in [0.2, 0.25) is 0 Å². The van der Waals surface area contributed by atoms with Gasteiger partial charge in [-0.3, -0.25) is 4.90 Å². The van der Waals surface area contributed by atoms with Crippen molar-refractivity contribution in [2.75, 3.05) is 19.6 Å². The second kappa shape index (κ2) is 7.80. The maximum Gasteiger partial charge on any atom is 0.194 e.